The fraction of sp³-hybridized carbons (Fsp3) is 0.391. The zero-order valence-electron chi connectivity index (χ0n) is 18.0. The number of rotatable bonds is 7. The number of hydrogen-bond donors (Lipinski definition) is 2. The van der Waals surface area contributed by atoms with Gasteiger partial charge in [0, 0.05) is 24.7 Å². The van der Waals surface area contributed by atoms with Gasteiger partial charge in [0.05, 0.1) is 18.3 Å². The highest BCUT2D eigenvalue weighted by Crippen LogP contribution is 2.26. The first-order chi connectivity index (χ1) is 14.8. The van der Waals surface area contributed by atoms with Crippen LogP contribution in [0, 0.1) is 0 Å². The van der Waals surface area contributed by atoms with Crippen LogP contribution in [0.4, 0.5) is 5.69 Å². The fourth-order valence-corrected chi connectivity index (χ4v) is 3.22. The minimum absolute atomic E-state index is 0.109. The van der Waals surface area contributed by atoms with Crippen molar-refractivity contribution < 1.29 is 19.4 Å². The van der Waals surface area contributed by atoms with E-state index in [1.807, 2.05) is 42.5 Å². The number of ether oxygens (including phenoxy) is 1. The second kappa shape index (κ2) is 9.70. The normalized spacial score (nSPS) is 17.1. The summed E-state index contributed by atoms with van der Waals surface area (Å²) in [5.41, 5.74) is 0.995. The zero-order chi connectivity index (χ0) is 22.4. The Kier molecular flexibility index (Phi) is 7.02. The molecule has 8 heteroatoms. The van der Waals surface area contributed by atoms with Crippen LogP contribution < -0.4 is 10.3 Å². The summed E-state index contributed by atoms with van der Waals surface area (Å²) >= 11 is 0. The predicted molar refractivity (Wildman–Crippen MR) is 118 cm³/mol. The van der Waals surface area contributed by atoms with Crippen LogP contribution in [0.15, 0.2) is 59.8 Å². The molecule has 0 bridgehead atoms. The van der Waals surface area contributed by atoms with Gasteiger partial charge in [-0.25, -0.2) is 4.79 Å². The molecule has 31 heavy (non-hydrogen) atoms. The largest absolute Gasteiger partial charge is 0.458 e. The molecule has 2 N–H and O–H groups in total. The van der Waals surface area contributed by atoms with E-state index in [0.717, 1.165) is 5.69 Å². The van der Waals surface area contributed by atoms with Crippen LogP contribution in [-0.2, 0) is 20.7 Å². The van der Waals surface area contributed by atoms with Crippen molar-refractivity contribution in [3.63, 3.8) is 0 Å². The van der Waals surface area contributed by atoms with E-state index in [4.69, 9.17) is 4.74 Å². The molecule has 1 aliphatic rings. The van der Waals surface area contributed by atoms with Gasteiger partial charge in [-0.3, -0.25) is 14.8 Å². The quantitative estimate of drug-likeness (QED) is 0.660. The minimum Gasteiger partial charge on any atom is -0.458 e. The van der Waals surface area contributed by atoms with Gasteiger partial charge in [0.25, 0.3) is 5.91 Å². The molecule has 1 aromatic heterocycles. The van der Waals surface area contributed by atoms with Crippen molar-refractivity contribution in [1.82, 2.24) is 10.3 Å². The van der Waals surface area contributed by atoms with Gasteiger partial charge in [0.2, 0.25) is 0 Å². The van der Waals surface area contributed by atoms with Crippen molar-refractivity contribution in [3.8, 4) is 0 Å². The number of para-hydroxylation sites is 1. The van der Waals surface area contributed by atoms with E-state index >= 15 is 0 Å². The van der Waals surface area contributed by atoms with Gasteiger partial charge < -0.3 is 15.2 Å². The van der Waals surface area contributed by atoms with Gasteiger partial charge in [-0.2, -0.15) is 5.10 Å². The highest BCUT2D eigenvalue weighted by molar-refractivity contribution is 6.40. The highest BCUT2D eigenvalue weighted by atomic mass is 16.6. The molecule has 0 spiro atoms. The molecule has 0 unspecified atom stereocenters. The minimum atomic E-state index is -0.745. The third-order valence-corrected chi connectivity index (χ3v) is 4.61. The average molecular weight is 425 g/mol. The lowest BCUT2D eigenvalue weighted by molar-refractivity contribution is -0.156. The molecular weight excluding hydrogens is 396 g/mol. The summed E-state index contributed by atoms with van der Waals surface area (Å²) in [5, 5.41) is 18.5. The Morgan fingerprint density at radius 1 is 1.19 bits per heavy atom. The Balaban J connectivity index is 1.76. The molecule has 0 saturated heterocycles. The van der Waals surface area contributed by atoms with Crippen molar-refractivity contribution >= 4 is 23.3 Å². The Morgan fingerprint density at radius 2 is 1.90 bits per heavy atom. The molecule has 1 amide bonds. The second-order valence-corrected chi connectivity index (χ2v) is 8.36. The average Bonchev–Trinajstić information content (AvgIpc) is 3.19. The van der Waals surface area contributed by atoms with E-state index < -0.39 is 29.6 Å². The van der Waals surface area contributed by atoms with Gasteiger partial charge in [-0.05, 0) is 45.0 Å². The number of pyridine rings is 1. The van der Waals surface area contributed by atoms with Crippen LogP contribution in [0.1, 0.15) is 32.9 Å². The number of anilines is 1. The number of benzene rings is 1. The molecule has 0 fully saturated rings. The summed E-state index contributed by atoms with van der Waals surface area (Å²) in [4.78, 5) is 29.9. The van der Waals surface area contributed by atoms with Crippen LogP contribution in [0.3, 0.4) is 0 Å². The highest BCUT2D eigenvalue weighted by Gasteiger charge is 2.39. The van der Waals surface area contributed by atoms with E-state index in [0.29, 0.717) is 12.1 Å². The Bertz CT molecular complexity index is 926. The van der Waals surface area contributed by atoms with Gasteiger partial charge >= 0.3 is 5.97 Å². The monoisotopic (exact) mass is 424 g/mol. The molecule has 3 rings (SSSR count). The van der Waals surface area contributed by atoms with Crippen LogP contribution in [0.2, 0.25) is 0 Å². The number of esters is 1. The summed E-state index contributed by atoms with van der Waals surface area (Å²) in [7, 11) is 0. The molecular formula is C23H28N4O4. The lowest BCUT2D eigenvalue weighted by atomic mass is 10.1. The first-order valence-corrected chi connectivity index (χ1v) is 10.2. The number of amides is 1. The molecule has 1 aromatic carbocycles. The molecule has 2 aromatic rings. The first kappa shape index (κ1) is 22.4. The molecule has 2 heterocycles. The van der Waals surface area contributed by atoms with E-state index in [1.54, 1.807) is 33.0 Å². The van der Waals surface area contributed by atoms with Crippen LogP contribution in [0.5, 0.6) is 0 Å². The summed E-state index contributed by atoms with van der Waals surface area (Å²) in [5.74, 6) is -0.878. The van der Waals surface area contributed by atoms with Crippen molar-refractivity contribution in [2.45, 2.75) is 51.3 Å². The third-order valence-electron chi connectivity index (χ3n) is 4.61. The van der Waals surface area contributed by atoms with Crippen LogP contribution in [-0.4, -0.2) is 52.0 Å². The molecule has 2 atom stereocenters. The SMILES string of the molecule is CC(C)(C)OC(=O)[C@H]1CC(C(=O)N[C@@H](CO)Cc2ccccn2)=NN1c1ccccc1. The fourth-order valence-electron chi connectivity index (χ4n) is 3.22. The van der Waals surface area contributed by atoms with Crippen LogP contribution >= 0.6 is 0 Å². The summed E-state index contributed by atoms with van der Waals surface area (Å²) in [6.07, 6.45) is 2.15. The van der Waals surface area contributed by atoms with Crippen molar-refractivity contribution in [2.24, 2.45) is 5.10 Å². The second-order valence-electron chi connectivity index (χ2n) is 8.36. The molecule has 0 aliphatic carbocycles. The Morgan fingerprint density at radius 3 is 2.52 bits per heavy atom. The van der Waals surface area contributed by atoms with E-state index in [-0.39, 0.29) is 18.7 Å². The van der Waals surface area contributed by atoms with Gasteiger partial charge in [0.1, 0.15) is 11.3 Å². The molecule has 164 valence electrons. The maximum atomic E-state index is 12.9. The number of aliphatic hydroxyl groups is 1. The van der Waals surface area contributed by atoms with Crippen molar-refractivity contribution in [3.05, 3.63) is 60.4 Å². The number of hydrogen-bond acceptors (Lipinski definition) is 7. The number of carbonyl (C=O) groups excluding carboxylic acids is 2. The molecule has 8 nitrogen and oxygen atoms in total. The summed E-state index contributed by atoms with van der Waals surface area (Å²) in [6, 6.07) is 13.4. The van der Waals surface area contributed by atoms with Crippen molar-refractivity contribution in [1.29, 1.82) is 0 Å². The number of aromatic nitrogens is 1. The number of nitrogens with one attached hydrogen (secondary N) is 1. The first-order valence-electron chi connectivity index (χ1n) is 10.2. The molecule has 0 saturated carbocycles. The summed E-state index contributed by atoms with van der Waals surface area (Å²) < 4.78 is 5.55. The Hall–Kier alpha value is -3.26. The number of hydrazone groups is 1. The topological polar surface area (TPSA) is 104 Å². The molecule has 0 radical (unpaired) electrons. The van der Waals surface area contributed by atoms with Gasteiger partial charge in [0.15, 0.2) is 6.04 Å². The van der Waals surface area contributed by atoms with E-state index in [2.05, 4.69) is 15.4 Å². The lowest BCUT2D eigenvalue weighted by Gasteiger charge is -2.26. The van der Waals surface area contributed by atoms with Crippen LogP contribution in [0.25, 0.3) is 0 Å². The standard InChI is InChI=1S/C23H28N4O4/c1-23(2,3)31-22(30)20-14-19(26-27(20)18-10-5-4-6-11-18)21(29)25-17(15-28)13-16-9-7-8-12-24-16/h4-12,17,20,28H,13-15H2,1-3H3,(H,25,29)/t17-,20-/m1/s1. The number of nitrogens with zero attached hydrogens (tertiary/aromatic N) is 3. The number of carbonyl (C=O) groups is 2. The maximum absolute atomic E-state index is 12.9. The van der Waals surface area contributed by atoms with E-state index in [1.165, 1.54) is 5.01 Å². The maximum Gasteiger partial charge on any atom is 0.331 e. The molecule has 1 aliphatic heterocycles. The smallest absolute Gasteiger partial charge is 0.331 e. The van der Waals surface area contributed by atoms with E-state index in [9.17, 15) is 14.7 Å². The van der Waals surface area contributed by atoms with Crippen molar-refractivity contribution in [2.75, 3.05) is 11.6 Å². The number of aliphatic hydroxyl groups excluding tert-OH is 1. The van der Waals surface area contributed by atoms with Gasteiger partial charge in [-0.15, -0.1) is 0 Å². The Labute approximate surface area is 181 Å². The lowest BCUT2D eigenvalue weighted by Crippen LogP contribution is -2.43. The predicted octanol–water partition coefficient (Wildman–Crippen LogP) is 2.08. The summed E-state index contributed by atoms with van der Waals surface area (Å²) in [6.45, 7) is 5.15. The third kappa shape index (κ3) is 6.11. The van der Waals surface area contributed by atoms with Gasteiger partial charge in [-0.1, -0.05) is 24.3 Å². The zero-order valence-corrected chi connectivity index (χ0v) is 18.0.